The van der Waals surface area contributed by atoms with E-state index in [4.69, 9.17) is 0 Å². The molecule has 150 valence electrons. The van der Waals surface area contributed by atoms with Crippen LogP contribution in [0, 0.1) is 9.88 Å². The number of aromatic hydroxyl groups is 1. The van der Waals surface area contributed by atoms with E-state index in [0.717, 1.165) is 29.5 Å². The lowest BCUT2D eigenvalue weighted by atomic mass is 10.0. The number of fused-ring (bicyclic) bond motifs is 1. The van der Waals surface area contributed by atoms with Gasteiger partial charge >= 0.3 is 0 Å². The molecular weight excluding hydrogens is 370 g/mol. The molecule has 0 atom stereocenters. The van der Waals surface area contributed by atoms with Crippen LogP contribution in [-0.4, -0.2) is 10.1 Å². The molecule has 2 aliphatic rings. The first-order chi connectivity index (χ1) is 13.6. The van der Waals surface area contributed by atoms with Crippen molar-refractivity contribution in [2.24, 2.45) is 0 Å². The predicted molar refractivity (Wildman–Crippen MR) is 117 cm³/mol. The molecule has 0 fully saturated rings. The number of para-hydroxylation sites is 1. The zero-order chi connectivity index (χ0) is 19.9. The minimum atomic E-state index is -0.551. The maximum Gasteiger partial charge on any atom is 0.245 e. The van der Waals surface area contributed by atoms with Crippen molar-refractivity contribution in [1.82, 2.24) is 4.98 Å². The Morgan fingerprint density at radius 3 is 2.25 bits per heavy atom. The SMILES string of the molecule is CCCCCCCCCCCc1c(O)c2[nH]c3ccccc3sc=2c(=O)c1=O. The maximum atomic E-state index is 12.6. The van der Waals surface area contributed by atoms with E-state index < -0.39 is 10.9 Å². The molecule has 0 aromatic heterocycles. The van der Waals surface area contributed by atoms with Gasteiger partial charge in [-0.15, -0.1) is 11.3 Å². The molecule has 1 aromatic carbocycles. The van der Waals surface area contributed by atoms with E-state index in [0.29, 0.717) is 16.3 Å². The second-order valence-electron chi connectivity index (χ2n) is 7.49. The summed E-state index contributed by atoms with van der Waals surface area (Å²) in [5.41, 5.74) is 0.0526. The number of benzene rings is 1. The molecule has 2 N–H and O–H groups in total. The van der Waals surface area contributed by atoms with Crippen molar-refractivity contribution in [3.05, 3.63) is 60.2 Å². The van der Waals surface area contributed by atoms with Crippen molar-refractivity contribution >= 4 is 21.6 Å². The summed E-state index contributed by atoms with van der Waals surface area (Å²) in [7, 11) is 0. The van der Waals surface area contributed by atoms with Crippen molar-refractivity contribution < 1.29 is 5.11 Å². The fourth-order valence-electron chi connectivity index (χ4n) is 3.68. The molecule has 0 bridgehead atoms. The van der Waals surface area contributed by atoms with Crippen LogP contribution in [0.3, 0.4) is 0 Å². The normalized spacial score (nSPS) is 11.5. The molecule has 5 heteroatoms. The largest absolute Gasteiger partial charge is 0.505 e. The average Bonchev–Trinajstić information content (AvgIpc) is 2.72. The summed E-state index contributed by atoms with van der Waals surface area (Å²) in [6.07, 6.45) is 11.1. The Bertz CT molecular complexity index is 1100. The lowest BCUT2D eigenvalue weighted by molar-refractivity contribution is 0.458. The van der Waals surface area contributed by atoms with E-state index in [9.17, 15) is 14.7 Å². The van der Waals surface area contributed by atoms with Crippen LogP contribution < -0.4 is 10.9 Å². The molecule has 28 heavy (non-hydrogen) atoms. The summed E-state index contributed by atoms with van der Waals surface area (Å²) in [5, 5.41) is 11.1. The minimum absolute atomic E-state index is 0.0545. The monoisotopic (exact) mass is 399 g/mol. The van der Waals surface area contributed by atoms with Crippen LogP contribution in [0.2, 0.25) is 0 Å². The summed E-state index contributed by atoms with van der Waals surface area (Å²) in [4.78, 5) is 28.2. The molecule has 1 heterocycles. The van der Waals surface area contributed by atoms with Gasteiger partial charge in [-0.2, -0.15) is 0 Å². The minimum Gasteiger partial charge on any atom is -0.505 e. The van der Waals surface area contributed by atoms with Gasteiger partial charge in [0.25, 0.3) is 0 Å². The first-order valence-electron chi connectivity index (χ1n) is 10.4. The van der Waals surface area contributed by atoms with Gasteiger partial charge in [-0.3, -0.25) is 9.59 Å². The number of aromatic nitrogens is 1. The number of hydrogen-bond donors (Lipinski definition) is 2. The molecule has 4 nitrogen and oxygen atoms in total. The zero-order valence-corrected chi connectivity index (χ0v) is 17.4. The summed E-state index contributed by atoms with van der Waals surface area (Å²) >= 11 is 1.25. The Morgan fingerprint density at radius 2 is 1.54 bits per heavy atom. The molecule has 0 spiro atoms. The fourth-order valence-corrected chi connectivity index (χ4v) is 4.71. The summed E-state index contributed by atoms with van der Waals surface area (Å²) in [6.45, 7) is 2.22. The summed E-state index contributed by atoms with van der Waals surface area (Å²) in [6, 6.07) is 7.59. The number of hydrogen-bond acceptors (Lipinski definition) is 4. The van der Waals surface area contributed by atoms with Crippen LogP contribution in [0.5, 0.6) is 5.75 Å². The van der Waals surface area contributed by atoms with Crippen LogP contribution in [0.15, 0.2) is 33.9 Å². The third-order valence-electron chi connectivity index (χ3n) is 5.33. The fraction of sp³-hybridized carbons (Fsp3) is 0.478. The van der Waals surface area contributed by atoms with Gasteiger partial charge in [0.1, 0.15) is 15.6 Å². The Morgan fingerprint density at radius 1 is 0.893 bits per heavy atom. The van der Waals surface area contributed by atoms with E-state index >= 15 is 0 Å². The molecule has 0 unspecified atom stereocenters. The van der Waals surface area contributed by atoms with Crippen LogP contribution >= 0.6 is 11.3 Å². The van der Waals surface area contributed by atoms with Crippen molar-refractivity contribution in [3.8, 4) is 5.75 Å². The number of aromatic amines is 1. The van der Waals surface area contributed by atoms with E-state index in [1.165, 1.54) is 49.9 Å². The highest BCUT2D eigenvalue weighted by atomic mass is 32.1. The van der Waals surface area contributed by atoms with E-state index in [1.54, 1.807) is 0 Å². The quantitative estimate of drug-likeness (QED) is 0.352. The molecule has 3 rings (SSSR count). The maximum absolute atomic E-state index is 12.6. The topological polar surface area (TPSA) is 70.2 Å². The van der Waals surface area contributed by atoms with E-state index in [2.05, 4.69) is 11.9 Å². The molecule has 1 aliphatic heterocycles. The first-order valence-corrected chi connectivity index (χ1v) is 11.2. The van der Waals surface area contributed by atoms with Crippen molar-refractivity contribution in [2.45, 2.75) is 71.1 Å². The van der Waals surface area contributed by atoms with Crippen molar-refractivity contribution in [3.63, 3.8) is 0 Å². The van der Waals surface area contributed by atoms with E-state index in [-0.39, 0.29) is 11.3 Å². The lowest BCUT2D eigenvalue weighted by Crippen LogP contribution is -2.28. The van der Waals surface area contributed by atoms with Crippen LogP contribution in [0.4, 0.5) is 0 Å². The molecule has 0 saturated carbocycles. The van der Waals surface area contributed by atoms with Crippen LogP contribution in [0.1, 0.15) is 70.3 Å². The van der Waals surface area contributed by atoms with Gasteiger partial charge in [-0.25, -0.2) is 0 Å². The summed E-state index contributed by atoms with van der Waals surface area (Å²) in [5.74, 6) is -0.0545. The first kappa shape index (κ1) is 20.6. The predicted octanol–water partition coefficient (Wildman–Crippen LogP) is 5.45. The van der Waals surface area contributed by atoms with Gasteiger partial charge in [0.15, 0.2) is 0 Å². The smallest absolute Gasteiger partial charge is 0.245 e. The Hall–Kier alpha value is -2.14. The molecule has 0 saturated heterocycles. The Balaban J connectivity index is 1.71. The van der Waals surface area contributed by atoms with Gasteiger partial charge in [-0.1, -0.05) is 70.4 Å². The van der Waals surface area contributed by atoms with Crippen molar-refractivity contribution in [2.75, 3.05) is 0 Å². The van der Waals surface area contributed by atoms with Gasteiger partial charge in [0.2, 0.25) is 10.9 Å². The van der Waals surface area contributed by atoms with Crippen LogP contribution in [-0.2, 0) is 6.42 Å². The number of nitrogens with one attached hydrogen (secondary N) is 1. The third-order valence-corrected chi connectivity index (χ3v) is 6.49. The summed E-state index contributed by atoms with van der Waals surface area (Å²) < 4.78 is 1.19. The van der Waals surface area contributed by atoms with E-state index in [1.807, 2.05) is 24.3 Å². The third kappa shape index (κ3) is 4.64. The van der Waals surface area contributed by atoms with Gasteiger partial charge < -0.3 is 10.1 Å². The van der Waals surface area contributed by atoms with Crippen molar-refractivity contribution in [1.29, 1.82) is 0 Å². The van der Waals surface area contributed by atoms with Gasteiger partial charge in [0.05, 0.1) is 10.2 Å². The zero-order valence-electron chi connectivity index (χ0n) is 16.6. The standard InChI is InChI=1S/C23H29NO3S/c1-2-3-4-5-6-7-8-9-10-13-16-20(25)19-23(22(27)21(16)26)28-18-15-12-11-14-17(18)24-19/h11-12,14-15,24-25H,2-10,13H2,1H3. The highest BCUT2D eigenvalue weighted by Gasteiger charge is 2.15. The van der Waals surface area contributed by atoms with Gasteiger partial charge in [0, 0.05) is 5.56 Å². The number of H-pyrrole nitrogens is 1. The average molecular weight is 400 g/mol. The molecule has 0 amide bonds. The highest BCUT2D eigenvalue weighted by Crippen LogP contribution is 2.23. The second-order valence-corrected chi connectivity index (χ2v) is 8.54. The molecule has 1 aromatic rings. The lowest BCUT2D eigenvalue weighted by Gasteiger charge is -2.06. The number of unbranched alkanes of at least 4 members (excludes halogenated alkanes) is 8. The number of rotatable bonds is 10. The highest BCUT2D eigenvalue weighted by molar-refractivity contribution is 7.16. The second kappa shape index (κ2) is 9.87. The Labute approximate surface area is 168 Å². The molecule has 1 aliphatic carbocycles. The molecule has 0 radical (unpaired) electrons. The Kier molecular flexibility index (Phi) is 7.26. The molecular formula is C23H29NO3S. The van der Waals surface area contributed by atoms with Gasteiger partial charge in [-0.05, 0) is 25.0 Å². The van der Waals surface area contributed by atoms with Crippen LogP contribution in [0.25, 0.3) is 10.2 Å².